The first-order valence-electron chi connectivity index (χ1n) is 12.3. The average molecular weight is 577 g/mol. The van der Waals surface area contributed by atoms with E-state index in [4.69, 9.17) is 41.5 Å². The summed E-state index contributed by atoms with van der Waals surface area (Å²) in [6.45, 7) is 1.96. The van der Waals surface area contributed by atoms with Gasteiger partial charge in [0.05, 0.1) is 30.9 Å². The summed E-state index contributed by atoms with van der Waals surface area (Å²) in [7, 11) is 3.67. The number of benzene rings is 1. The number of aromatic nitrogens is 4. The molecule has 0 spiro atoms. The van der Waals surface area contributed by atoms with Crippen molar-refractivity contribution in [1.82, 2.24) is 24.6 Å². The van der Waals surface area contributed by atoms with Gasteiger partial charge in [-0.3, -0.25) is 9.36 Å². The minimum absolute atomic E-state index is 0.0225. The lowest BCUT2D eigenvalue weighted by molar-refractivity contribution is -0.149. The molecule has 2 aromatic heterocycles. The highest BCUT2D eigenvalue weighted by atomic mass is 32.5. The smallest absolute Gasteiger partial charge is 0.323 e. The first kappa shape index (κ1) is 28.8. The van der Waals surface area contributed by atoms with Gasteiger partial charge in [-0.1, -0.05) is 18.2 Å². The lowest BCUT2D eigenvalue weighted by atomic mass is 10.2. The lowest BCUT2D eigenvalue weighted by Gasteiger charge is -2.27. The molecular formula is C24H33N8O5PS. The molecule has 0 bridgehead atoms. The van der Waals surface area contributed by atoms with Gasteiger partial charge in [-0.25, -0.2) is 10.1 Å². The second-order valence-electron chi connectivity index (χ2n) is 9.50. The van der Waals surface area contributed by atoms with E-state index in [1.807, 2.05) is 32.3 Å². The number of carbonyl (C=O) groups is 1. The largest absolute Gasteiger partial charge is 0.462 e. The number of hydrogen-bond donors (Lipinski definition) is 3. The van der Waals surface area contributed by atoms with Gasteiger partial charge in [-0.05, 0) is 44.7 Å². The Balaban J connectivity index is 1.50. The summed E-state index contributed by atoms with van der Waals surface area (Å²) in [5, 5.41) is 11.6. The van der Waals surface area contributed by atoms with Crippen LogP contribution >= 0.6 is 6.64 Å². The topological polar surface area (TPSA) is 163 Å². The molecule has 4 N–H and O–H groups in total. The molecule has 1 aliphatic heterocycles. The van der Waals surface area contributed by atoms with Gasteiger partial charge in [0, 0.05) is 20.5 Å². The van der Waals surface area contributed by atoms with E-state index in [1.54, 1.807) is 48.7 Å². The van der Waals surface area contributed by atoms with Crippen LogP contribution in [0.3, 0.4) is 0 Å². The fraction of sp³-hybridized carbons (Fsp3) is 0.458. The fourth-order valence-electron chi connectivity index (χ4n) is 3.91. The molecule has 0 aliphatic carbocycles. The highest BCUT2D eigenvalue weighted by Gasteiger charge is 2.36. The van der Waals surface area contributed by atoms with Crippen molar-refractivity contribution >= 4 is 53.1 Å². The zero-order valence-electron chi connectivity index (χ0n) is 22.4. The summed E-state index contributed by atoms with van der Waals surface area (Å²) >= 11 is 5.77. The maximum atomic E-state index is 12.5. The molecule has 13 nitrogen and oxygen atoms in total. The minimum atomic E-state index is -3.24. The summed E-state index contributed by atoms with van der Waals surface area (Å²) in [6.07, 6.45) is 0.305. The molecule has 4 rings (SSSR count). The number of nitrogens with one attached hydrogen (secondary N) is 2. The maximum Gasteiger partial charge on any atom is 0.323 e. The Bertz CT molecular complexity index is 1390. The highest BCUT2D eigenvalue weighted by molar-refractivity contribution is 8.09. The molecule has 39 heavy (non-hydrogen) atoms. The Morgan fingerprint density at radius 3 is 2.69 bits per heavy atom. The Morgan fingerprint density at radius 2 is 2.03 bits per heavy atom. The van der Waals surface area contributed by atoms with Crippen LogP contribution in [-0.4, -0.2) is 70.2 Å². The van der Waals surface area contributed by atoms with Crippen LogP contribution in [0.1, 0.15) is 33.4 Å². The van der Waals surface area contributed by atoms with Gasteiger partial charge < -0.3 is 34.6 Å². The van der Waals surface area contributed by atoms with Gasteiger partial charge >= 0.3 is 12.6 Å². The molecule has 0 saturated carbocycles. The molecule has 1 aliphatic rings. The predicted octanol–water partition coefficient (Wildman–Crippen LogP) is 3.03. The van der Waals surface area contributed by atoms with Crippen molar-refractivity contribution in [3.8, 4) is 5.75 Å². The second kappa shape index (κ2) is 11.9. The average Bonchev–Trinajstić information content (AvgIpc) is 3.45. The van der Waals surface area contributed by atoms with Gasteiger partial charge in [0.2, 0.25) is 5.95 Å². The Hall–Kier alpha value is -3.16. The molecule has 0 unspecified atom stereocenters. The maximum absolute atomic E-state index is 12.5. The molecule has 1 fully saturated rings. The quantitative estimate of drug-likeness (QED) is 0.226. The van der Waals surface area contributed by atoms with Crippen molar-refractivity contribution < 1.29 is 23.3 Å². The molecule has 0 amide bonds. The van der Waals surface area contributed by atoms with E-state index in [1.165, 1.54) is 0 Å². The van der Waals surface area contributed by atoms with Crippen molar-refractivity contribution in [3.63, 3.8) is 0 Å². The molecule has 1 aromatic carbocycles. The first-order valence-corrected chi connectivity index (χ1v) is 15.0. The summed E-state index contributed by atoms with van der Waals surface area (Å²) in [5.41, 5.74) is 7.24. The van der Waals surface area contributed by atoms with E-state index in [0.29, 0.717) is 28.4 Å². The van der Waals surface area contributed by atoms with Crippen molar-refractivity contribution in [2.75, 3.05) is 31.3 Å². The van der Waals surface area contributed by atoms with Crippen LogP contribution in [0.4, 0.5) is 11.8 Å². The van der Waals surface area contributed by atoms with Crippen molar-refractivity contribution in [1.29, 1.82) is 5.41 Å². The van der Waals surface area contributed by atoms with Crippen LogP contribution in [0.5, 0.6) is 5.75 Å². The number of esters is 1. The van der Waals surface area contributed by atoms with Gasteiger partial charge in [0.25, 0.3) is 0 Å². The van der Waals surface area contributed by atoms with E-state index in [0.717, 1.165) is 0 Å². The Morgan fingerprint density at radius 1 is 1.31 bits per heavy atom. The van der Waals surface area contributed by atoms with Crippen molar-refractivity contribution in [2.24, 2.45) is 0 Å². The van der Waals surface area contributed by atoms with Gasteiger partial charge in [0.1, 0.15) is 11.8 Å². The monoisotopic (exact) mass is 576 g/mol. The number of para-hydroxylation sites is 1. The van der Waals surface area contributed by atoms with E-state index < -0.39 is 31.0 Å². The van der Waals surface area contributed by atoms with Gasteiger partial charge in [0.15, 0.2) is 23.2 Å². The molecule has 1 saturated heterocycles. The zero-order valence-corrected chi connectivity index (χ0v) is 24.1. The fourth-order valence-corrected chi connectivity index (χ4v) is 6.34. The summed E-state index contributed by atoms with van der Waals surface area (Å²) in [4.78, 5) is 27.3. The van der Waals surface area contributed by atoms with Crippen LogP contribution in [0, 0.1) is 5.41 Å². The van der Waals surface area contributed by atoms with Crippen LogP contribution < -0.4 is 20.2 Å². The van der Waals surface area contributed by atoms with Gasteiger partial charge in [-0.15, -0.1) is 0 Å². The predicted molar refractivity (Wildman–Crippen MR) is 151 cm³/mol. The van der Waals surface area contributed by atoms with E-state index >= 15 is 0 Å². The molecule has 15 heteroatoms. The SMILES string of the molecule is CC(C)OC(=O)[C@H](C)N[P@](=S)(OC[C@@H]1CC(=N)[C@H](n2cnc3c(N(C)C)nc(N)nc32)O1)Oc1ccccc1. The van der Waals surface area contributed by atoms with E-state index in [-0.39, 0.29) is 25.1 Å². The lowest BCUT2D eigenvalue weighted by Crippen LogP contribution is -2.36. The number of anilines is 2. The summed E-state index contributed by atoms with van der Waals surface area (Å²) in [5.74, 6) is 0.682. The normalized spacial score (nSPS) is 19.7. The number of imidazole rings is 1. The third-order valence-corrected chi connectivity index (χ3v) is 8.12. The zero-order chi connectivity index (χ0) is 28.3. The van der Waals surface area contributed by atoms with E-state index in [9.17, 15) is 4.79 Å². The molecule has 210 valence electrons. The van der Waals surface area contributed by atoms with E-state index in [2.05, 4.69) is 20.0 Å². The third kappa shape index (κ3) is 6.89. The number of carbonyl (C=O) groups excluding carboxylic acids is 1. The number of hydrogen-bond acceptors (Lipinski definition) is 12. The van der Waals surface area contributed by atoms with Crippen LogP contribution in [0.25, 0.3) is 11.2 Å². The van der Waals surface area contributed by atoms with Crippen LogP contribution in [0.2, 0.25) is 0 Å². The molecule has 4 atom stereocenters. The molecular weight excluding hydrogens is 543 g/mol. The summed E-state index contributed by atoms with van der Waals surface area (Å²) < 4.78 is 25.3. The van der Waals surface area contributed by atoms with Crippen molar-refractivity contribution in [2.45, 2.75) is 51.7 Å². The third-order valence-electron chi connectivity index (χ3n) is 5.62. The Kier molecular flexibility index (Phi) is 8.82. The van der Waals surface area contributed by atoms with Crippen molar-refractivity contribution in [3.05, 3.63) is 36.7 Å². The number of nitrogens with zero attached hydrogens (tertiary/aromatic N) is 5. The minimum Gasteiger partial charge on any atom is -0.462 e. The molecule has 3 heterocycles. The number of fused-ring (bicyclic) bond motifs is 1. The number of rotatable bonds is 11. The van der Waals surface area contributed by atoms with Crippen LogP contribution in [0.15, 0.2) is 36.7 Å². The first-order chi connectivity index (χ1) is 18.5. The molecule has 3 aromatic rings. The number of nitrogen functional groups attached to an aromatic ring is 1. The summed E-state index contributed by atoms with van der Waals surface area (Å²) in [6, 6.07) is 8.20. The highest BCUT2D eigenvalue weighted by Crippen LogP contribution is 2.46. The van der Waals surface area contributed by atoms with Gasteiger partial charge in [-0.2, -0.15) is 9.97 Å². The Labute approximate surface area is 231 Å². The van der Waals surface area contributed by atoms with Crippen LogP contribution in [-0.2, 0) is 30.6 Å². The standard InChI is InChI=1S/C24H33N8O5PS/c1-14(2)35-23(33)15(3)30-38(39,37-16-9-7-6-8-10-16)34-12-17-11-18(25)22(36-17)32-13-27-19-20(31(4)5)28-24(26)29-21(19)32/h6-10,13-15,17,22,25H,11-12H2,1-5H3,(H,30,39)(H2,26,28,29)/t15-,17-,22+,38-/m0/s1. The second-order valence-corrected chi connectivity index (χ2v) is 12.6. The number of ether oxygens (including phenoxy) is 2. The molecule has 0 radical (unpaired) electrons. The number of nitrogens with two attached hydrogens (primary N) is 1.